The summed E-state index contributed by atoms with van der Waals surface area (Å²) in [6.07, 6.45) is 2.89. The van der Waals surface area contributed by atoms with Gasteiger partial charge in [0.05, 0.1) is 23.9 Å². The zero-order valence-corrected chi connectivity index (χ0v) is 14.0. The maximum absolute atomic E-state index is 9.14. The summed E-state index contributed by atoms with van der Waals surface area (Å²) in [5.41, 5.74) is 0. The van der Waals surface area contributed by atoms with Crippen molar-refractivity contribution in [2.75, 3.05) is 0 Å². The summed E-state index contributed by atoms with van der Waals surface area (Å²) in [4.78, 5) is 36.6. The Bertz CT molecular complexity index is 301. The van der Waals surface area contributed by atoms with E-state index in [0.717, 1.165) is 24.3 Å². The summed E-state index contributed by atoms with van der Waals surface area (Å²) < 4.78 is 0. The van der Waals surface area contributed by atoms with Crippen LogP contribution in [0.3, 0.4) is 0 Å². The van der Waals surface area contributed by atoms with Gasteiger partial charge in [-0.2, -0.15) is 0 Å². The van der Waals surface area contributed by atoms with Crippen LogP contribution in [0.5, 0.6) is 0 Å². The van der Waals surface area contributed by atoms with Crippen molar-refractivity contribution < 1.29 is 81.4 Å². The minimum atomic E-state index is -1.23. The Morgan fingerprint density at radius 3 is 0.571 bits per heavy atom. The van der Waals surface area contributed by atoms with E-state index in [1.54, 1.807) is 0 Å². The van der Waals surface area contributed by atoms with Crippen molar-refractivity contribution in [2.24, 2.45) is 0 Å². The number of hydrogen-bond donors (Lipinski definition) is 0. The van der Waals surface area contributed by atoms with E-state index in [4.69, 9.17) is 39.6 Å². The standard InChI is InChI=1S/4C3H4O2.Ce/c4*1-2-3(4)5;/h4*2H,1H2,(H,4,5);/q;;;;+4/p-4. The summed E-state index contributed by atoms with van der Waals surface area (Å²) in [6.45, 7) is 11.6. The molecule has 0 atom stereocenters. The van der Waals surface area contributed by atoms with Crippen molar-refractivity contribution >= 4 is 23.9 Å². The van der Waals surface area contributed by atoms with Crippen LogP contribution in [-0.2, 0) is 19.2 Å². The summed E-state index contributed by atoms with van der Waals surface area (Å²) in [7, 11) is 0. The second kappa shape index (κ2) is 26.7. The first-order valence-corrected chi connectivity index (χ1v) is 4.42. The van der Waals surface area contributed by atoms with E-state index in [1.807, 2.05) is 0 Å². The molecule has 0 aromatic heterocycles. The number of carboxylic acid groups (broad SMARTS) is 4. The van der Waals surface area contributed by atoms with E-state index in [2.05, 4.69) is 26.3 Å². The molecular formula is C12H12CeO8. The smallest absolute Gasteiger partial charge is 0.545 e. The van der Waals surface area contributed by atoms with Gasteiger partial charge >= 0.3 is 41.7 Å². The van der Waals surface area contributed by atoms with E-state index < -0.39 is 23.9 Å². The molecule has 0 radical (unpaired) electrons. The van der Waals surface area contributed by atoms with Crippen LogP contribution in [0.25, 0.3) is 0 Å². The topological polar surface area (TPSA) is 161 Å². The molecule has 0 fully saturated rings. The summed E-state index contributed by atoms with van der Waals surface area (Å²) in [5, 5.41) is 36.6. The van der Waals surface area contributed by atoms with Gasteiger partial charge in [-0.25, -0.2) is 0 Å². The van der Waals surface area contributed by atoms with Crippen LogP contribution in [0.4, 0.5) is 0 Å². The summed E-state index contributed by atoms with van der Waals surface area (Å²) in [5.74, 6) is -4.93. The summed E-state index contributed by atoms with van der Waals surface area (Å²) in [6, 6.07) is 0. The van der Waals surface area contributed by atoms with Crippen molar-refractivity contribution in [1.29, 1.82) is 0 Å². The van der Waals surface area contributed by atoms with Gasteiger partial charge in [0.2, 0.25) is 0 Å². The molecule has 0 rings (SSSR count). The Balaban J connectivity index is -0.0000000533. The Morgan fingerprint density at radius 1 is 0.524 bits per heavy atom. The largest absolute Gasteiger partial charge is 4.00 e. The first-order chi connectivity index (χ1) is 9.08. The fourth-order valence-corrected chi connectivity index (χ4v) is 0. The normalized spacial score (nSPS) is 6.10. The third-order valence-electron chi connectivity index (χ3n) is 0.667. The van der Waals surface area contributed by atoms with E-state index in [-0.39, 0.29) is 41.7 Å². The Kier molecular flexibility index (Phi) is 40.1. The van der Waals surface area contributed by atoms with Gasteiger partial charge in [0.15, 0.2) is 0 Å². The van der Waals surface area contributed by atoms with E-state index in [1.165, 1.54) is 0 Å². The molecule has 21 heavy (non-hydrogen) atoms. The second-order valence-electron chi connectivity index (χ2n) is 2.09. The second-order valence-corrected chi connectivity index (χ2v) is 2.09. The molecule has 0 amide bonds. The molecule has 0 aliphatic heterocycles. The number of hydrogen-bond acceptors (Lipinski definition) is 8. The number of carboxylic acids is 4. The zero-order chi connectivity index (χ0) is 17.1. The molecule has 0 aliphatic rings. The van der Waals surface area contributed by atoms with Crippen LogP contribution in [0.2, 0.25) is 0 Å². The predicted octanol–water partition coefficient (Wildman–Crippen LogP) is -4.31. The molecule has 112 valence electrons. The minimum absolute atomic E-state index is 0. The number of rotatable bonds is 4. The monoisotopic (exact) mass is 424 g/mol. The zero-order valence-electron chi connectivity index (χ0n) is 10.9. The average Bonchev–Trinajstić information content (AvgIpc) is 2.40. The third-order valence-corrected chi connectivity index (χ3v) is 0.667. The van der Waals surface area contributed by atoms with Crippen LogP contribution in [-0.4, -0.2) is 23.9 Å². The Hall–Kier alpha value is -1.78. The number of aliphatic carboxylic acids is 4. The fraction of sp³-hybridized carbons (Fsp3) is 0. The van der Waals surface area contributed by atoms with E-state index in [0.29, 0.717) is 0 Å². The molecule has 9 heteroatoms. The van der Waals surface area contributed by atoms with Gasteiger partial charge in [-0.3, -0.25) is 0 Å². The molecule has 0 N–H and O–H groups in total. The maximum Gasteiger partial charge on any atom is 4.00 e. The van der Waals surface area contributed by atoms with Gasteiger partial charge in [-0.1, -0.05) is 26.3 Å². The van der Waals surface area contributed by atoms with Gasteiger partial charge in [-0.05, 0) is 24.3 Å². The SMILES string of the molecule is C=CC(=O)[O-].C=CC(=O)[O-].C=CC(=O)[O-].C=CC(=O)[O-].[Ce+4]. The number of carbonyl (C=O) groups is 4. The molecular weight excluding hydrogens is 412 g/mol. The van der Waals surface area contributed by atoms with Crippen LogP contribution < -0.4 is 20.4 Å². The Labute approximate surface area is 155 Å². The molecule has 0 unspecified atom stereocenters. The molecule has 0 heterocycles. The minimum Gasteiger partial charge on any atom is -0.545 e. The van der Waals surface area contributed by atoms with Crippen LogP contribution in [0, 0.1) is 41.7 Å². The van der Waals surface area contributed by atoms with Crippen LogP contribution in [0.15, 0.2) is 50.6 Å². The Morgan fingerprint density at radius 2 is 0.571 bits per heavy atom. The predicted molar refractivity (Wildman–Crippen MR) is 60.8 cm³/mol. The van der Waals surface area contributed by atoms with Crippen molar-refractivity contribution in [2.45, 2.75) is 0 Å². The first kappa shape index (κ1) is 31.6. The quantitative estimate of drug-likeness (QED) is 0.410. The average molecular weight is 424 g/mol. The third kappa shape index (κ3) is 124. The molecule has 0 aromatic carbocycles. The van der Waals surface area contributed by atoms with E-state index >= 15 is 0 Å². The molecule has 0 aliphatic carbocycles. The van der Waals surface area contributed by atoms with Crippen molar-refractivity contribution in [3.8, 4) is 0 Å². The molecule has 0 saturated heterocycles. The van der Waals surface area contributed by atoms with Gasteiger partial charge in [0.25, 0.3) is 0 Å². The molecule has 0 aromatic rings. The van der Waals surface area contributed by atoms with Crippen LogP contribution in [0.1, 0.15) is 0 Å². The van der Waals surface area contributed by atoms with Crippen LogP contribution >= 0.6 is 0 Å². The van der Waals surface area contributed by atoms with Crippen molar-refractivity contribution in [3.63, 3.8) is 0 Å². The van der Waals surface area contributed by atoms with Crippen molar-refractivity contribution in [3.05, 3.63) is 50.6 Å². The maximum atomic E-state index is 9.14. The molecule has 0 bridgehead atoms. The molecule has 0 spiro atoms. The van der Waals surface area contributed by atoms with Gasteiger partial charge in [0, 0.05) is 0 Å². The fourth-order valence-electron chi connectivity index (χ4n) is 0. The van der Waals surface area contributed by atoms with Gasteiger partial charge < -0.3 is 39.6 Å². The van der Waals surface area contributed by atoms with E-state index in [9.17, 15) is 0 Å². The molecule has 8 nitrogen and oxygen atoms in total. The van der Waals surface area contributed by atoms with Gasteiger partial charge in [0.1, 0.15) is 0 Å². The first-order valence-electron chi connectivity index (χ1n) is 4.42. The van der Waals surface area contributed by atoms with Gasteiger partial charge in [-0.15, -0.1) is 0 Å². The molecule has 0 saturated carbocycles. The number of carbonyl (C=O) groups excluding carboxylic acids is 4. The summed E-state index contributed by atoms with van der Waals surface area (Å²) >= 11 is 0. The van der Waals surface area contributed by atoms with Crippen molar-refractivity contribution in [1.82, 2.24) is 0 Å².